The summed E-state index contributed by atoms with van der Waals surface area (Å²) in [6.45, 7) is -1.47. The van der Waals surface area contributed by atoms with Crippen LogP contribution in [-0.2, 0) is 11.0 Å². The van der Waals surface area contributed by atoms with E-state index in [1.807, 2.05) is 6.07 Å². The van der Waals surface area contributed by atoms with Crippen LogP contribution in [0, 0.1) is 23.1 Å². The largest absolute Gasteiger partial charge is 0.436 e. The third kappa shape index (κ3) is 6.26. The van der Waals surface area contributed by atoms with Gasteiger partial charge in [-0.1, -0.05) is 36.2 Å². The number of anilines is 1. The van der Waals surface area contributed by atoms with Gasteiger partial charge in [0, 0.05) is 17.5 Å². The molecule has 2 bridgehead atoms. The molecule has 5 aromatic rings. The first-order valence-electron chi connectivity index (χ1n) is 14.6. The Morgan fingerprint density at radius 2 is 1.90 bits per heavy atom. The number of nitriles is 1. The molecule has 1 aliphatic heterocycles. The number of carbonyl (C=O) groups is 1. The van der Waals surface area contributed by atoms with Gasteiger partial charge < -0.3 is 5.32 Å². The Balaban J connectivity index is 1.49. The molecule has 3 aromatic heterocycles. The van der Waals surface area contributed by atoms with Crippen LogP contribution in [0.4, 0.5) is 32.0 Å². The normalized spacial score (nSPS) is 16.8. The molecule has 0 radical (unpaired) electrons. The summed E-state index contributed by atoms with van der Waals surface area (Å²) in [5.74, 6) is -2.11. The van der Waals surface area contributed by atoms with Crippen LogP contribution < -0.4 is 10.9 Å². The number of halogens is 7. The summed E-state index contributed by atoms with van der Waals surface area (Å²) in [7, 11) is 0. The molecule has 0 aliphatic carbocycles. The van der Waals surface area contributed by atoms with E-state index in [0.717, 1.165) is 24.7 Å². The first-order valence-corrected chi connectivity index (χ1v) is 14.9. The fourth-order valence-corrected chi connectivity index (χ4v) is 5.83. The van der Waals surface area contributed by atoms with Crippen molar-refractivity contribution in [2.75, 3.05) is 5.32 Å². The zero-order valence-corrected chi connectivity index (χ0v) is 25.8. The van der Waals surface area contributed by atoms with Crippen molar-refractivity contribution in [1.82, 2.24) is 34.3 Å². The number of benzene rings is 2. The average molecular weight is 702 g/mol. The second-order valence-corrected chi connectivity index (χ2v) is 11.6. The van der Waals surface area contributed by atoms with E-state index in [1.165, 1.54) is 22.8 Å². The standard InChI is InChI=1S/C31H22ClF6N9O2/c1-15-3-2-4-22(16-5-6-17(11-39)18(9-16)28-21(42-29(15)49)12-41-47(28)30(34)35)45-14-40-20(10-25(45)48)26-23(8-7-19(32)27(26)33)46-13-24(43-44-46)31(36,37)38/h5-10,12-15,22,30H,2-4H2,1H3,(H,42,49)/t15-,22+/m1/s1. The van der Waals surface area contributed by atoms with Crippen LogP contribution in [0.25, 0.3) is 28.2 Å². The monoisotopic (exact) mass is 701 g/mol. The predicted octanol–water partition coefficient (Wildman–Crippen LogP) is 6.78. The van der Waals surface area contributed by atoms with E-state index >= 15 is 4.39 Å². The lowest BCUT2D eigenvalue weighted by Gasteiger charge is -2.23. The number of amides is 1. The van der Waals surface area contributed by atoms with Crippen molar-refractivity contribution in [3.05, 3.63) is 93.1 Å². The van der Waals surface area contributed by atoms with Gasteiger partial charge in [-0.05, 0) is 42.7 Å². The highest BCUT2D eigenvalue weighted by Crippen LogP contribution is 2.38. The second kappa shape index (κ2) is 12.8. The molecule has 1 N–H and O–H groups in total. The molecule has 2 aromatic carbocycles. The first kappa shape index (κ1) is 33.4. The highest BCUT2D eigenvalue weighted by Gasteiger charge is 2.35. The Bertz CT molecular complexity index is 2190. The Kier molecular flexibility index (Phi) is 8.75. The maximum atomic E-state index is 15.5. The lowest BCUT2D eigenvalue weighted by Crippen LogP contribution is -2.27. The third-order valence-corrected chi connectivity index (χ3v) is 8.43. The number of rotatable bonds is 4. The van der Waals surface area contributed by atoms with E-state index < -0.39 is 58.2 Å². The fourth-order valence-electron chi connectivity index (χ4n) is 5.67. The van der Waals surface area contributed by atoms with Crippen molar-refractivity contribution in [3.63, 3.8) is 0 Å². The second-order valence-electron chi connectivity index (χ2n) is 11.2. The van der Waals surface area contributed by atoms with E-state index in [2.05, 4.69) is 25.7 Å². The summed E-state index contributed by atoms with van der Waals surface area (Å²) in [5.41, 5.74) is -2.75. The number of hydrogen-bond donors (Lipinski definition) is 1. The van der Waals surface area contributed by atoms with Gasteiger partial charge in [0.2, 0.25) is 5.91 Å². The number of hydrogen-bond acceptors (Lipinski definition) is 7. The van der Waals surface area contributed by atoms with Crippen molar-refractivity contribution in [3.8, 4) is 34.3 Å². The number of nitrogens with zero attached hydrogens (tertiary/aromatic N) is 8. The van der Waals surface area contributed by atoms with Crippen molar-refractivity contribution < 1.29 is 31.1 Å². The summed E-state index contributed by atoms with van der Waals surface area (Å²) in [5, 5.41) is 22.4. The van der Waals surface area contributed by atoms with Gasteiger partial charge in [-0.15, -0.1) is 5.10 Å². The summed E-state index contributed by atoms with van der Waals surface area (Å²) in [4.78, 5) is 31.0. The van der Waals surface area contributed by atoms with Crippen molar-refractivity contribution in [2.45, 2.75) is 45.0 Å². The van der Waals surface area contributed by atoms with Gasteiger partial charge in [0.1, 0.15) is 0 Å². The molecule has 0 unspecified atom stereocenters. The van der Waals surface area contributed by atoms with Gasteiger partial charge >= 0.3 is 12.7 Å². The van der Waals surface area contributed by atoms with E-state index in [0.29, 0.717) is 34.0 Å². The van der Waals surface area contributed by atoms with Crippen LogP contribution >= 0.6 is 11.6 Å². The summed E-state index contributed by atoms with van der Waals surface area (Å²) >= 11 is 6.01. The molecule has 1 amide bonds. The number of alkyl halides is 5. The summed E-state index contributed by atoms with van der Waals surface area (Å²) in [6, 6.07) is 8.84. The Hall–Kier alpha value is -5.50. The number of nitrogens with one attached hydrogen (secondary N) is 1. The Morgan fingerprint density at radius 1 is 1.12 bits per heavy atom. The van der Waals surface area contributed by atoms with Gasteiger partial charge in [-0.25, -0.2) is 18.7 Å². The van der Waals surface area contributed by atoms with Crippen molar-refractivity contribution in [2.24, 2.45) is 5.92 Å². The molecular weight excluding hydrogens is 680 g/mol. The van der Waals surface area contributed by atoms with Crippen molar-refractivity contribution in [1.29, 1.82) is 5.26 Å². The fraction of sp³-hybridized carbons (Fsp3) is 0.258. The van der Waals surface area contributed by atoms with Crippen LogP contribution in [0.15, 0.2) is 59.9 Å². The summed E-state index contributed by atoms with van der Waals surface area (Å²) < 4.78 is 85.7. The van der Waals surface area contributed by atoms with Crippen LogP contribution in [0.3, 0.4) is 0 Å². The molecule has 6 rings (SSSR count). The molecule has 0 fully saturated rings. The summed E-state index contributed by atoms with van der Waals surface area (Å²) in [6.07, 6.45) is -1.09. The van der Waals surface area contributed by atoms with Crippen LogP contribution in [0.5, 0.6) is 0 Å². The van der Waals surface area contributed by atoms with E-state index in [-0.39, 0.29) is 40.3 Å². The quantitative estimate of drug-likeness (QED) is 0.204. The molecule has 0 saturated heterocycles. The van der Waals surface area contributed by atoms with E-state index in [9.17, 15) is 36.8 Å². The first-order chi connectivity index (χ1) is 23.3. The molecule has 252 valence electrons. The van der Waals surface area contributed by atoms with Gasteiger partial charge in [-0.2, -0.15) is 32.3 Å². The topological polar surface area (TPSA) is 136 Å². The van der Waals surface area contributed by atoms with Crippen molar-refractivity contribution >= 4 is 23.2 Å². The molecule has 49 heavy (non-hydrogen) atoms. The Morgan fingerprint density at radius 3 is 2.57 bits per heavy atom. The smallest absolute Gasteiger partial charge is 0.323 e. The Labute approximate surface area is 277 Å². The minimum absolute atomic E-state index is 0.00270. The predicted molar refractivity (Wildman–Crippen MR) is 162 cm³/mol. The molecule has 18 heteroatoms. The van der Waals surface area contributed by atoms with E-state index in [4.69, 9.17) is 11.6 Å². The highest BCUT2D eigenvalue weighted by molar-refractivity contribution is 6.31. The van der Waals surface area contributed by atoms with E-state index in [1.54, 1.807) is 13.0 Å². The molecule has 11 nitrogen and oxygen atoms in total. The third-order valence-electron chi connectivity index (χ3n) is 8.14. The van der Waals surface area contributed by atoms with Gasteiger partial charge in [0.05, 0.1) is 69.7 Å². The SMILES string of the molecule is C[C@@H]1CCC[C@H](n2cnc(-c3c(-n4cc(C(F)(F)F)nn4)ccc(Cl)c3F)cc2=O)c2ccc(C#N)c(c2)-c2c(cnn2C(F)F)NC1=O. The minimum Gasteiger partial charge on any atom is -0.323 e. The van der Waals surface area contributed by atoms with Gasteiger partial charge in [0.15, 0.2) is 11.5 Å². The lowest BCUT2D eigenvalue weighted by atomic mass is 9.92. The molecule has 2 atom stereocenters. The zero-order chi connectivity index (χ0) is 35.2. The lowest BCUT2D eigenvalue weighted by molar-refractivity contribution is -0.141. The number of aromatic nitrogens is 7. The van der Waals surface area contributed by atoms with Crippen LogP contribution in [-0.4, -0.2) is 40.2 Å². The molecule has 0 saturated carbocycles. The van der Waals surface area contributed by atoms with Crippen LogP contribution in [0.1, 0.15) is 55.6 Å². The molecule has 0 spiro atoms. The minimum atomic E-state index is -4.83. The molecular formula is C31H22ClF6N9O2. The number of fused-ring (bicyclic) bond motifs is 4. The maximum Gasteiger partial charge on any atom is 0.436 e. The highest BCUT2D eigenvalue weighted by atomic mass is 35.5. The van der Waals surface area contributed by atoms with Gasteiger partial charge in [-0.3, -0.25) is 14.2 Å². The molecule has 1 aliphatic rings. The zero-order valence-electron chi connectivity index (χ0n) is 25.1. The maximum absolute atomic E-state index is 15.5. The number of carbonyl (C=O) groups excluding carboxylic acids is 1. The van der Waals surface area contributed by atoms with Gasteiger partial charge in [0.25, 0.3) is 5.56 Å². The van der Waals surface area contributed by atoms with Crippen LogP contribution in [0.2, 0.25) is 5.02 Å². The average Bonchev–Trinajstić information content (AvgIpc) is 3.72. The molecule has 4 heterocycles.